The van der Waals surface area contributed by atoms with Gasteiger partial charge in [-0.15, -0.1) is 6.42 Å². The van der Waals surface area contributed by atoms with E-state index in [1.165, 1.54) is 18.2 Å². The fourth-order valence-electron chi connectivity index (χ4n) is 1.25. The molecule has 0 aliphatic rings. The fourth-order valence-corrected chi connectivity index (χ4v) is 1.25. The highest BCUT2D eigenvalue weighted by Gasteiger charge is 2.09. The van der Waals surface area contributed by atoms with Gasteiger partial charge < -0.3 is 18.9 Å². The molecule has 0 radical (unpaired) electrons. The Labute approximate surface area is 122 Å². The zero-order chi connectivity index (χ0) is 15.5. The lowest BCUT2D eigenvalue weighted by molar-refractivity contribution is 0.0977. The molecule has 6 nitrogen and oxygen atoms in total. The fraction of sp³-hybridized carbons (Fsp3) is 0.333. The molecule has 21 heavy (non-hydrogen) atoms. The number of rotatable bonds is 6. The van der Waals surface area contributed by atoms with E-state index in [0.29, 0.717) is 6.61 Å². The second-order valence-electron chi connectivity index (χ2n) is 3.87. The maximum Gasteiger partial charge on any atom is 0.514 e. The summed E-state index contributed by atoms with van der Waals surface area (Å²) in [6.45, 7) is 2.09. The molecule has 0 aliphatic carbocycles. The highest BCUT2D eigenvalue weighted by Crippen LogP contribution is 2.20. The van der Waals surface area contributed by atoms with Crippen LogP contribution in [0.15, 0.2) is 24.3 Å². The van der Waals surface area contributed by atoms with Gasteiger partial charge in [-0.2, -0.15) is 0 Å². The molecule has 0 aliphatic heterocycles. The zero-order valence-corrected chi connectivity index (χ0v) is 11.7. The molecule has 0 bridgehead atoms. The van der Waals surface area contributed by atoms with Crippen LogP contribution in [-0.2, 0) is 9.47 Å². The van der Waals surface area contributed by atoms with E-state index in [0.717, 1.165) is 12.8 Å². The molecular weight excluding hydrogens is 276 g/mol. The van der Waals surface area contributed by atoms with E-state index in [9.17, 15) is 9.59 Å². The number of hydrogen-bond donors (Lipinski definition) is 0. The Hall–Kier alpha value is -2.68. The summed E-state index contributed by atoms with van der Waals surface area (Å²) in [6, 6.07) is 5.95. The van der Waals surface area contributed by atoms with E-state index in [1.54, 1.807) is 6.07 Å². The van der Waals surface area contributed by atoms with Gasteiger partial charge in [-0.3, -0.25) is 0 Å². The molecule has 0 unspecified atom stereocenters. The van der Waals surface area contributed by atoms with Crippen molar-refractivity contribution in [2.24, 2.45) is 0 Å². The average molecular weight is 292 g/mol. The van der Waals surface area contributed by atoms with Crippen LogP contribution in [0.3, 0.4) is 0 Å². The van der Waals surface area contributed by atoms with Crippen LogP contribution in [0, 0.1) is 12.3 Å². The molecular formula is C15H16O6. The summed E-state index contributed by atoms with van der Waals surface area (Å²) in [7, 11) is 0. The SMILES string of the molecule is C#CCOC(=O)Oc1cccc(OC(=O)OCCCC)c1. The van der Waals surface area contributed by atoms with Crippen molar-refractivity contribution in [3.05, 3.63) is 24.3 Å². The number of ether oxygens (including phenoxy) is 4. The van der Waals surface area contributed by atoms with Crippen LogP contribution in [0.25, 0.3) is 0 Å². The Morgan fingerprint density at radius 3 is 2.33 bits per heavy atom. The van der Waals surface area contributed by atoms with Crippen LogP contribution in [0.1, 0.15) is 19.8 Å². The van der Waals surface area contributed by atoms with Gasteiger partial charge in [0.05, 0.1) is 6.61 Å². The van der Waals surface area contributed by atoms with Gasteiger partial charge in [-0.1, -0.05) is 25.3 Å². The summed E-state index contributed by atoms with van der Waals surface area (Å²) < 4.78 is 19.2. The van der Waals surface area contributed by atoms with E-state index in [-0.39, 0.29) is 18.1 Å². The van der Waals surface area contributed by atoms with E-state index in [4.69, 9.17) is 20.6 Å². The minimum atomic E-state index is -0.935. The van der Waals surface area contributed by atoms with Crippen LogP contribution in [0.4, 0.5) is 9.59 Å². The monoisotopic (exact) mass is 292 g/mol. The first-order valence-electron chi connectivity index (χ1n) is 6.38. The minimum Gasteiger partial charge on any atom is -0.434 e. The lowest BCUT2D eigenvalue weighted by atomic mass is 10.3. The number of carbonyl (C=O) groups excluding carboxylic acids is 2. The second kappa shape index (κ2) is 9.26. The predicted molar refractivity (Wildman–Crippen MR) is 74.1 cm³/mol. The molecule has 112 valence electrons. The Kier molecular flexibility index (Phi) is 7.22. The zero-order valence-electron chi connectivity index (χ0n) is 11.7. The van der Waals surface area contributed by atoms with Crippen molar-refractivity contribution < 1.29 is 28.5 Å². The third kappa shape index (κ3) is 6.87. The lowest BCUT2D eigenvalue weighted by Gasteiger charge is -2.07. The molecule has 1 aromatic rings. The molecule has 0 heterocycles. The van der Waals surface area contributed by atoms with Gasteiger partial charge >= 0.3 is 12.3 Å². The summed E-state index contributed by atoms with van der Waals surface area (Å²) in [5, 5.41) is 0. The topological polar surface area (TPSA) is 71.1 Å². The highest BCUT2D eigenvalue weighted by molar-refractivity contribution is 5.66. The number of unbranched alkanes of at least 4 members (excludes halogenated alkanes) is 1. The van der Waals surface area contributed by atoms with Crippen molar-refractivity contribution in [2.45, 2.75) is 19.8 Å². The Morgan fingerprint density at radius 1 is 1.14 bits per heavy atom. The predicted octanol–water partition coefficient (Wildman–Crippen LogP) is 3.15. The molecule has 0 amide bonds. The van der Waals surface area contributed by atoms with E-state index in [2.05, 4.69) is 10.7 Å². The normalized spacial score (nSPS) is 9.33. The van der Waals surface area contributed by atoms with Gasteiger partial charge in [0.25, 0.3) is 0 Å². The van der Waals surface area contributed by atoms with Gasteiger partial charge in [-0.05, 0) is 18.6 Å². The van der Waals surface area contributed by atoms with Gasteiger partial charge in [0.2, 0.25) is 0 Å². The number of hydrogen-bond acceptors (Lipinski definition) is 6. The van der Waals surface area contributed by atoms with Crippen molar-refractivity contribution in [2.75, 3.05) is 13.2 Å². The molecule has 6 heteroatoms. The summed E-state index contributed by atoms with van der Waals surface area (Å²) in [5.74, 6) is 2.49. The molecule has 1 aromatic carbocycles. The molecule has 0 N–H and O–H groups in total. The van der Waals surface area contributed by atoms with E-state index < -0.39 is 12.3 Å². The van der Waals surface area contributed by atoms with Crippen LogP contribution in [0.5, 0.6) is 11.5 Å². The van der Waals surface area contributed by atoms with Gasteiger partial charge in [0.1, 0.15) is 11.5 Å². The molecule has 0 saturated heterocycles. The van der Waals surface area contributed by atoms with Crippen molar-refractivity contribution in [3.63, 3.8) is 0 Å². The first-order valence-corrected chi connectivity index (χ1v) is 6.38. The van der Waals surface area contributed by atoms with Crippen molar-refractivity contribution in [1.29, 1.82) is 0 Å². The molecule has 0 aromatic heterocycles. The largest absolute Gasteiger partial charge is 0.514 e. The Balaban J connectivity index is 2.50. The number of terminal acetylenes is 1. The average Bonchev–Trinajstić information content (AvgIpc) is 2.45. The third-order valence-corrected chi connectivity index (χ3v) is 2.20. The molecule has 0 spiro atoms. The van der Waals surface area contributed by atoms with Crippen LogP contribution in [0.2, 0.25) is 0 Å². The van der Waals surface area contributed by atoms with Gasteiger partial charge in [0, 0.05) is 6.07 Å². The second-order valence-corrected chi connectivity index (χ2v) is 3.87. The maximum atomic E-state index is 11.4. The molecule has 0 saturated carbocycles. The van der Waals surface area contributed by atoms with E-state index >= 15 is 0 Å². The van der Waals surface area contributed by atoms with Crippen molar-refractivity contribution >= 4 is 12.3 Å². The van der Waals surface area contributed by atoms with Crippen molar-refractivity contribution in [3.8, 4) is 23.8 Å². The minimum absolute atomic E-state index is 0.163. The Bertz CT molecular complexity index is 517. The lowest BCUT2D eigenvalue weighted by Crippen LogP contribution is -2.12. The van der Waals surface area contributed by atoms with E-state index in [1.807, 2.05) is 6.92 Å². The number of benzene rings is 1. The maximum absolute atomic E-state index is 11.4. The summed E-state index contributed by atoms with van der Waals surface area (Å²) >= 11 is 0. The Morgan fingerprint density at radius 2 is 1.76 bits per heavy atom. The quantitative estimate of drug-likeness (QED) is 0.347. The van der Waals surface area contributed by atoms with Crippen molar-refractivity contribution in [1.82, 2.24) is 0 Å². The first-order chi connectivity index (χ1) is 10.2. The smallest absolute Gasteiger partial charge is 0.434 e. The van der Waals surface area contributed by atoms with Crippen LogP contribution in [-0.4, -0.2) is 25.5 Å². The number of carbonyl (C=O) groups is 2. The summed E-state index contributed by atoms with van der Waals surface area (Å²) in [4.78, 5) is 22.6. The molecule has 0 atom stereocenters. The standard InChI is InChI=1S/C15H16O6/c1-3-5-10-19-15(17)21-13-8-6-7-12(11-13)20-14(16)18-9-4-2/h2,6-8,11H,3,5,9-10H2,1H3. The van der Waals surface area contributed by atoms with Crippen LogP contribution < -0.4 is 9.47 Å². The molecule has 1 rings (SSSR count). The third-order valence-electron chi connectivity index (χ3n) is 2.20. The first kappa shape index (κ1) is 16.4. The van der Waals surface area contributed by atoms with Crippen LogP contribution >= 0.6 is 0 Å². The highest BCUT2D eigenvalue weighted by atomic mass is 16.7. The summed E-state index contributed by atoms with van der Waals surface area (Å²) in [6.07, 6.45) is 4.88. The van der Waals surface area contributed by atoms with Gasteiger partial charge in [-0.25, -0.2) is 9.59 Å². The molecule has 0 fully saturated rings. The van der Waals surface area contributed by atoms with Gasteiger partial charge in [0.15, 0.2) is 6.61 Å². The summed E-state index contributed by atoms with van der Waals surface area (Å²) in [5.41, 5.74) is 0.